The van der Waals surface area contributed by atoms with Crippen molar-refractivity contribution in [2.45, 2.75) is 39.2 Å². The van der Waals surface area contributed by atoms with Gasteiger partial charge in [0.15, 0.2) is 0 Å². The second-order valence-electron chi connectivity index (χ2n) is 5.19. The van der Waals surface area contributed by atoms with Crippen molar-refractivity contribution in [3.8, 4) is 5.75 Å². The van der Waals surface area contributed by atoms with Gasteiger partial charge in [-0.3, -0.25) is 4.79 Å². The van der Waals surface area contributed by atoms with E-state index in [1.54, 1.807) is 12.1 Å². The zero-order chi connectivity index (χ0) is 12.3. The van der Waals surface area contributed by atoms with Crippen molar-refractivity contribution in [1.29, 1.82) is 0 Å². The van der Waals surface area contributed by atoms with Gasteiger partial charge in [-0.2, -0.15) is 0 Å². The molecule has 0 aliphatic heterocycles. The number of benzene rings is 1. The van der Waals surface area contributed by atoms with Gasteiger partial charge < -0.3 is 4.74 Å². The average Bonchev–Trinajstić information content (AvgIpc) is 2.35. The Bertz CT molecular complexity index is 369. The van der Waals surface area contributed by atoms with Gasteiger partial charge in [0.2, 0.25) is 0 Å². The fourth-order valence-electron chi connectivity index (χ4n) is 2.42. The Hall–Kier alpha value is -1.31. The lowest BCUT2D eigenvalue weighted by Gasteiger charge is -2.32. The van der Waals surface area contributed by atoms with Gasteiger partial charge in [0.25, 0.3) is 0 Å². The van der Waals surface area contributed by atoms with Gasteiger partial charge in [0.05, 0.1) is 6.10 Å². The van der Waals surface area contributed by atoms with Crippen LogP contribution in [0.3, 0.4) is 0 Å². The second-order valence-corrected chi connectivity index (χ2v) is 5.19. The number of rotatable bonds is 3. The van der Waals surface area contributed by atoms with E-state index in [-0.39, 0.29) is 0 Å². The molecule has 1 saturated carbocycles. The molecule has 2 nitrogen and oxygen atoms in total. The van der Waals surface area contributed by atoms with Crippen molar-refractivity contribution in [2.75, 3.05) is 0 Å². The number of ether oxygens (including phenoxy) is 1. The van der Waals surface area contributed by atoms with Crippen LogP contribution in [0.15, 0.2) is 24.3 Å². The van der Waals surface area contributed by atoms with Crippen LogP contribution >= 0.6 is 0 Å². The van der Waals surface area contributed by atoms with Gasteiger partial charge in [-0.15, -0.1) is 0 Å². The highest BCUT2D eigenvalue weighted by molar-refractivity contribution is 5.74. The first-order chi connectivity index (χ1) is 8.19. The average molecular weight is 232 g/mol. The van der Waals surface area contributed by atoms with Crippen LogP contribution in [0, 0.1) is 11.8 Å². The third-order valence-electron chi connectivity index (χ3n) is 3.87. The molecule has 0 bridgehead atoms. The summed E-state index contributed by atoms with van der Waals surface area (Å²) in [7, 11) is 0. The summed E-state index contributed by atoms with van der Waals surface area (Å²) < 4.78 is 5.96. The Kier molecular flexibility index (Phi) is 3.82. The van der Waals surface area contributed by atoms with Crippen LogP contribution in [-0.4, -0.2) is 12.4 Å². The lowest BCUT2D eigenvalue weighted by atomic mass is 9.80. The summed E-state index contributed by atoms with van der Waals surface area (Å²) in [6, 6.07) is 7.37. The standard InChI is InChI=1S/C15H20O2/c1-11-3-6-15(9-12(11)2)17-14-7-4-13(10-16)5-8-14/h4-5,7-8,10-12,15H,3,6,9H2,1-2H3. The molecule has 1 aliphatic rings. The molecule has 1 aromatic carbocycles. The SMILES string of the molecule is CC1CCC(Oc2ccc(C=O)cc2)CC1C. The first kappa shape index (κ1) is 12.2. The van der Waals surface area contributed by atoms with Crippen LogP contribution < -0.4 is 4.74 Å². The molecule has 3 atom stereocenters. The minimum Gasteiger partial charge on any atom is -0.490 e. The summed E-state index contributed by atoms with van der Waals surface area (Å²) in [5.74, 6) is 2.43. The molecular weight excluding hydrogens is 212 g/mol. The fraction of sp³-hybridized carbons (Fsp3) is 0.533. The van der Waals surface area contributed by atoms with Gasteiger partial charge in [-0.1, -0.05) is 13.8 Å². The molecule has 1 fully saturated rings. The Morgan fingerprint density at radius 2 is 1.82 bits per heavy atom. The Labute approximate surface area is 103 Å². The van der Waals surface area contributed by atoms with E-state index in [4.69, 9.17) is 4.74 Å². The van der Waals surface area contributed by atoms with Gasteiger partial charge in [-0.05, 0) is 55.4 Å². The molecule has 0 N–H and O–H groups in total. The van der Waals surface area contributed by atoms with Crippen LogP contribution in [0.2, 0.25) is 0 Å². The number of hydrogen-bond acceptors (Lipinski definition) is 2. The predicted molar refractivity (Wildman–Crippen MR) is 68.4 cm³/mol. The molecule has 17 heavy (non-hydrogen) atoms. The Morgan fingerprint density at radius 3 is 2.41 bits per heavy atom. The van der Waals surface area contributed by atoms with Crippen LogP contribution in [0.1, 0.15) is 43.5 Å². The van der Waals surface area contributed by atoms with Crippen molar-refractivity contribution in [3.63, 3.8) is 0 Å². The Balaban J connectivity index is 1.94. The highest BCUT2D eigenvalue weighted by atomic mass is 16.5. The van der Waals surface area contributed by atoms with Crippen molar-refractivity contribution >= 4 is 6.29 Å². The molecule has 0 spiro atoms. The second kappa shape index (κ2) is 5.35. The first-order valence-electron chi connectivity index (χ1n) is 6.41. The van der Waals surface area contributed by atoms with Crippen molar-refractivity contribution in [2.24, 2.45) is 11.8 Å². The summed E-state index contributed by atoms with van der Waals surface area (Å²) in [4.78, 5) is 10.5. The van der Waals surface area contributed by atoms with Crippen LogP contribution in [0.25, 0.3) is 0 Å². The highest BCUT2D eigenvalue weighted by Gasteiger charge is 2.25. The van der Waals surface area contributed by atoms with E-state index in [1.807, 2.05) is 12.1 Å². The molecule has 0 aromatic heterocycles. The van der Waals surface area contributed by atoms with E-state index in [9.17, 15) is 4.79 Å². The van der Waals surface area contributed by atoms with E-state index < -0.39 is 0 Å². The zero-order valence-corrected chi connectivity index (χ0v) is 10.6. The third kappa shape index (κ3) is 3.09. The normalized spacial score (nSPS) is 28.7. The smallest absolute Gasteiger partial charge is 0.150 e. The fourth-order valence-corrected chi connectivity index (χ4v) is 2.42. The van der Waals surface area contributed by atoms with Gasteiger partial charge in [0.1, 0.15) is 12.0 Å². The van der Waals surface area contributed by atoms with Crippen molar-refractivity contribution < 1.29 is 9.53 Å². The summed E-state index contributed by atoms with van der Waals surface area (Å²) in [6.07, 6.45) is 4.72. The summed E-state index contributed by atoms with van der Waals surface area (Å²) in [5.41, 5.74) is 0.697. The molecule has 0 radical (unpaired) electrons. The minimum atomic E-state index is 0.336. The maximum absolute atomic E-state index is 10.5. The van der Waals surface area contributed by atoms with Crippen LogP contribution in [0.4, 0.5) is 0 Å². The van der Waals surface area contributed by atoms with E-state index in [1.165, 1.54) is 6.42 Å². The molecule has 0 heterocycles. The molecule has 0 saturated heterocycles. The van der Waals surface area contributed by atoms with Gasteiger partial charge >= 0.3 is 0 Å². The highest BCUT2D eigenvalue weighted by Crippen LogP contribution is 2.31. The Morgan fingerprint density at radius 1 is 1.12 bits per heavy atom. The summed E-state index contributed by atoms with van der Waals surface area (Å²) in [6.45, 7) is 4.62. The van der Waals surface area contributed by atoms with Gasteiger partial charge in [-0.25, -0.2) is 0 Å². The molecule has 1 aliphatic carbocycles. The molecule has 1 aromatic rings. The number of hydrogen-bond donors (Lipinski definition) is 0. The van der Waals surface area contributed by atoms with Crippen LogP contribution in [0.5, 0.6) is 5.75 Å². The van der Waals surface area contributed by atoms with Gasteiger partial charge in [0, 0.05) is 5.56 Å². The molecular formula is C15H20O2. The minimum absolute atomic E-state index is 0.336. The summed E-state index contributed by atoms with van der Waals surface area (Å²) >= 11 is 0. The number of aldehydes is 1. The maximum Gasteiger partial charge on any atom is 0.150 e. The van der Waals surface area contributed by atoms with E-state index in [0.717, 1.165) is 36.7 Å². The molecule has 92 valence electrons. The van der Waals surface area contributed by atoms with E-state index in [2.05, 4.69) is 13.8 Å². The largest absolute Gasteiger partial charge is 0.490 e. The summed E-state index contributed by atoms with van der Waals surface area (Å²) in [5, 5.41) is 0. The number of carbonyl (C=O) groups excluding carboxylic acids is 1. The van der Waals surface area contributed by atoms with Crippen molar-refractivity contribution in [1.82, 2.24) is 0 Å². The lowest BCUT2D eigenvalue weighted by molar-refractivity contribution is 0.101. The van der Waals surface area contributed by atoms with E-state index in [0.29, 0.717) is 11.7 Å². The first-order valence-corrected chi connectivity index (χ1v) is 6.41. The topological polar surface area (TPSA) is 26.3 Å². The third-order valence-corrected chi connectivity index (χ3v) is 3.87. The molecule has 2 rings (SSSR count). The maximum atomic E-state index is 10.5. The molecule has 2 heteroatoms. The molecule has 3 unspecified atom stereocenters. The van der Waals surface area contributed by atoms with Crippen molar-refractivity contribution in [3.05, 3.63) is 29.8 Å². The monoisotopic (exact) mass is 232 g/mol. The predicted octanol–water partition coefficient (Wildman–Crippen LogP) is 3.70. The zero-order valence-electron chi connectivity index (χ0n) is 10.6. The van der Waals surface area contributed by atoms with E-state index >= 15 is 0 Å². The lowest BCUT2D eigenvalue weighted by Crippen LogP contribution is -2.28. The molecule has 0 amide bonds. The quantitative estimate of drug-likeness (QED) is 0.743. The number of carbonyl (C=O) groups is 1. The van der Waals surface area contributed by atoms with Crippen LogP contribution in [-0.2, 0) is 0 Å².